The lowest BCUT2D eigenvalue weighted by atomic mass is 9.95. The van der Waals surface area contributed by atoms with E-state index in [-0.39, 0.29) is 5.91 Å². The molecule has 0 spiro atoms. The van der Waals surface area contributed by atoms with Crippen LogP contribution in [0.1, 0.15) is 23.1 Å². The second-order valence-corrected chi connectivity index (χ2v) is 8.14. The first-order valence-corrected chi connectivity index (χ1v) is 10.9. The van der Waals surface area contributed by atoms with Gasteiger partial charge in [-0.05, 0) is 31.5 Å². The molecular formula is C26H24N4O3. The molecule has 1 aliphatic heterocycles. The summed E-state index contributed by atoms with van der Waals surface area (Å²) in [5, 5.41) is 3.44. The summed E-state index contributed by atoms with van der Waals surface area (Å²) in [7, 11) is 1.56. The first-order valence-electron chi connectivity index (χ1n) is 10.9. The Hall–Kier alpha value is -4.13. The van der Waals surface area contributed by atoms with Crippen LogP contribution in [-0.4, -0.2) is 33.0 Å². The van der Waals surface area contributed by atoms with E-state index in [0.717, 1.165) is 41.5 Å². The van der Waals surface area contributed by atoms with Crippen LogP contribution in [0.25, 0.3) is 22.0 Å². The molecule has 3 heterocycles. The van der Waals surface area contributed by atoms with Gasteiger partial charge < -0.3 is 13.9 Å². The molecule has 0 atom stereocenters. The molecule has 2 amide bonds. The van der Waals surface area contributed by atoms with Gasteiger partial charge in [0.25, 0.3) is 11.8 Å². The van der Waals surface area contributed by atoms with Crippen LogP contribution in [0.5, 0.6) is 5.75 Å². The molecule has 0 radical (unpaired) electrons. The molecule has 2 aromatic carbocycles. The van der Waals surface area contributed by atoms with Gasteiger partial charge in [-0.25, -0.2) is 4.98 Å². The number of imidazole rings is 1. The Bertz CT molecular complexity index is 1400. The number of aryl methyl sites for hydroxylation is 3. The van der Waals surface area contributed by atoms with Gasteiger partial charge in [-0.1, -0.05) is 29.8 Å². The number of carbonyl (C=O) groups excluding carboxylic acids is 2. The molecule has 33 heavy (non-hydrogen) atoms. The van der Waals surface area contributed by atoms with Crippen LogP contribution in [0.3, 0.4) is 0 Å². The van der Waals surface area contributed by atoms with Crippen LogP contribution in [0.4, 0.5) is 0 Å². The van der Waals surface area contributed by atoms with Crippen molar-refractivity contribution in [2.24, 2.45) is 0 Å². The first kappa shape index (κ1) is 20.8. The van der Waals surface area contributed by atoms with Crippen molar-refractivity contribution in [3.05, 3.63) is 84.1 Å². The predicted octanol–water partition coefficient (Wildman–Crippen LogP) is 3.81. The summed E-state index contributed by atoms with van der Waals surface area (Å²) in [5.74, 6) is -0.247. The second kappa shape index (κ2) is 8.43. The molecule has 0 bridgehead atoms. The minimum Gasteiger partial charge on any atom is -0.496 e. The Morgan fingerprint density at radius 3 is 2.55 bits per heavy atom. The predicted molar refractivity (Wildman–Crippen MR) is 126 cm³/mol. The number of benzene rings is 2. The van der Waals surface area contributed by atoms with E-state index in [4.69, 9.17) is 4.74 Å². The summed E-state index contributed by atoms with van der Waals surface area (Å²) >= 11 is 0. The number of ether oxygens (including phenoxy) is 1. The normalized spacial score (nSPS) is 13.8. The Morgan fingerprint density at radius 1 is 1.00 bits per heavy atom. The maximum atomic E-state index is 13.0. The summed E-state index contributed by atoms with van der Waals surface area (Å²) in [6.07, 6.45) is 8.41. The van der Waals surface area contributed by atoms with Crippen molar-refractivity contribution in [1.82, 2.24) is 19.4 Å². The molecule has 4 aromatic rings. The number of imide groups is 1. The third-order valence-electron chi connectivity index (χ3n) is 5.99. The molecule has 166 valence electrons. The van der Waals surface area contributed by atoms with Crippen molar-refractivity contribution in [3.63, 3.8) is 0 Å². The highest BCUT2D eigenvalue weighted by molar-refractivity contribution is 6.50. The zero-order valence-electron chi connectivity index (χ0n) is 18.5. The van der Waals surface area contributed by atoms with Gasteiger partial charge in [0, 0.05) is 53.7 Å². The monoisotopic (exact) mass is 440 g/mol. The molecule has 7 nitrogen and oxygen atoms in total. The molecule has 2 aromatic heterocycles. The Kier molecular flexibility index (Phi) is 5.30. The van der Waals surface area contributed by atoms with Gasteiger partial charge in [0.1, 0.15) is 5.75 Å². The average Bonchev–Trinajstić information content (AvgIpc) is 3.52. The van der Waals surface area contributed by atoms with E-state index in [0.29, 0.717) is 22.5 Å². The molecule has 0 aliphatic carbocycles. The SMILES string of the molecule is COc1ccccc1C1=C(c2cn(CCCn3ccnc3)c3ccc(C)cc23)C(=O)NC1=O. The van der Waals surface area contributed by atoms with Crippen molar-refractivity contribution in [1.29, 1.82) is 0 Å². The van der Waals surface area contributed by atoms with Crippen LogP contribution in [0, 0.1) is 6.92 Å². The largest absolute Gasteiger partial charge is 0.496 e. The lowest BCUT2D eigenvalue weighted by molar-refractivity contribution is -0.122. The zero-order valence-corrected chi connectivity index (χ0v) is 18.5. The highest BCUT2D eigenvalue weighted by Gasteiger charge is 2.35. The fourth-order valence-electron chi connectivity index (χ4n) is 4.46. The van der Waals surface area contributed by atoms with Crippen LogP contribution >= 0.6 is 0 Å². The number of nitrogens with one attached hydrogen (secondary N) is 1. The van der Waals surface area contributed by atoms with Crippen molar-refractivity contribution >= 4 is 33.9 Å². The van der Waals surface area contributed by atoms with Crippen molar-refractivity contribution in [2.75, 3.05) is 7.11 Å². The van der Waals surface area contributed by atoms with Gasteiger partial charge >= 0.3 is 0 Å². The lowest BCUT2D eigenvalue weighted by Crippen LogP contribution is -2.22. The Labute approximate surface area is 191 Å². The molecule has 1 aliphatic rings. The maximum absolute atomic E-state index is 13.0. The highest BCUT2D eigenvalue weighted by atomic mass is 16.5. The van der Waals surface area contributed by atoms with E-state index < -0.39 is 5.91 Å². The van der Waals surface area contributed by atoms with E-state index in [1.807, 2.05) is 42.1 Å². The summed E-state index contributed by atoms with van der Waals surface area (Å²) in [6, 6.07) is 13.5. The van der Waals surface area contributed by atoms with Gasteiger partial charge in [-0.15, -0.1) is 0 Å². The number of para-hydroxylation sites is 1. The fraction of sp³-hybridized carbons (Fsp3) is 0.192. The molecular weight excluding hydrogens is 416 g/mol. The number of hydrogen-bond acceptors (Lipinski definition) is 4. The van der Waals surface area contributed by atoms with Crippen LogP contribution in [0.2, 0.25) is 0 Å². The highest BCUT2D eigenvalue weighted by Crippen LogP contribution is 2.39. The third-order valence-corrected chi connectivity index (χ3v) is 5.99. The number of fused-ring (bicyclic) bond motifs is 1. The van der Waals surface area contributed by atoms with E-state index in [1.165, 1.54) is 0 Å². The van der Waals surface area contributed by atoms with Crippen molar-refractivity contribution < 1.29 is 14.3 Å². The van der Waals surface area contributed by atoms with E-state index in [2.05, 4.69) is 33.1 Å². The molecule has 1 N–H and O–H groups in total. The second-order valence-electron chi connectivity index (χ2n) is 8.14. The lowest BCUT2D eigenvalue weighted by Gasteiger charge is -2.09. The number of hydrogen-bond donors (Lipinski definition) is 1. The van der Waals surface area contributed by atoms with Gasteiger partial charge in [-0.2, -0.15) is 0 Å². The van der Waals surface area contributed by atoms with Gasteiger partial charge in [0.2, 0.25) is 0 Å². The number of carbonyl (C=O) groups is 2. The fourth-order valence-corrected chi connectivity index (χ4v) is 4.46. The van der Waals surface area contributed by atoms with Gasteiger partial charge in [-0.3, -0.25) is 14.9 Å². The topological polar surface area (TPSA) is 78.2 Å². The Morgan fingerprint density at radius 2 is 1.79 bits per heavy atom. The van der Waals surface area contributed by atoms with Gasteiger partial charge in [0.15, 0.2) is 0 Å². The molecule has 0 unspecified atom stereocenters. The summed E-state index contributed by atoms with van der Waals surface area (Å²) in [6.45, 7) is 3.63. The quantitative estimate of drug-likeness (QED) is 0.443. The molecule has 7 heteroatoms. The van der Waals surface area contributed by atoms with Crippen molar-refractivity contribution in [2.45, 2.75) is 26.4 Å². The minimum atomic E-state index is -0.409. The zero-order chi connectivity index (χ0) is 22.9. The average molecular weight is 441 g/mol. The number of rotatable bonds is 7. The molecule has 0 fully saturated rings. The number of amides is 2. The number of aromatic nitrogens is 3. The van der Waals surface area contributed by atoms with Crippen LogP contribution < -0.4 is 10.1 Å². The number of methoxy groups -OCH3 is 1. The molecule has 5 rings (SSSR count). The molecule has 0 saturated heterocycles. The van der Waals surface area contributed by atoms with Crippen LogP contribution in [-0.2, 0) is 22.7 Å². The number of nitrogens with zero attached hydrogens (tertiary/aromatic N) is 3. The van der Waals surface area contributed by atoms with E-state index in [9.17, 15) is 9.59 Å². The Balaban J connectivity index is 1.64. The van der Waals surface area contributed by atoms with E-state index in [1.54, 1.807) is 25.7 Å². The van der Waals surface area contributed by atoms with Crippen molar-refractivity contribution in [3.8, 4) is 5.75 Å². The summed E-state index contributed by atoms with van der Waals surface area (Å²) in [5.41, 5.74) is 4.20. The third kappa shape index (κ3) is 3.71. The summed E-state index contributed by atoms with van der Waals surface area (Å²) < 4.78 is 9.69. The standard InChI is InChI=1S/C26H24N4O3/c1-17-8-9-21-19(14-17)20(15-30(21)12-5-11-29-13-10-27-16-29)24-23(25(31)28-26(24)32)18-6-3-4-7-22(18)33-2/h3-4,6-10,13-16H,5,11-12H2,1-2H3,(H,28,31,32). The van der Waals surface area contributed by atoms with Crippen LogP contribution in [0.15, 0.2) is 67.4 Å². The summed E-state index contributed by atoms with van der Waals surface area (Å²) in [4.78, 5) is 30.0. The maximum Gasteiger partial charge on any atom is 0.259 e. The van der Waals surface area contributed by atoms with Gasteiger partial charge in [0.05, 0.1) is 24.6 Å². The van der Waals surface area contributed by atoms with E-state index >= 15 is 0 Å². The molecule has 0 saturated carbocycles. The minimum absolute atomic E-state index is 0.344. The smallest absolute Gasteiger partial charge is 0.259 e. The first-order chi connectivity index (χ1) is 16.1.